The van der Waals surface area contributed by atoms with E-state index in [0.717, 1.165) is 33.9 Å². The second-order valence-electron chi connectivity index (χ2n) is 9.27. The predicted molar refractivity (Wildman–Crippen MR) is 148 cm³/mol. The summed E-state index contributed by atoms with van der Waals surface area (Å²) in [6.45, 7) is 4.76. The lowest BCUT2D eigenvalue weighted by Crippen LogP contribution is -2.51. The van der Waals surface area contributed by atoms with Gasteiger partial charge in [-0.3, -0.25) is 9.59 Å². The molecule has 1 N–H and O–H groups in total. The second-order valence-corrected chi connectivity index (χ2v) is 9.27. The molecule has 190 valence electrons. The Labute approximate surface area is 219 Å². The van der Waals surface area contributed by atoms with Gasteiger partial charge in [0.05, 0.1) is 0 Å². The summed E-state index contributed by atoms with van der Waals surface area (Å²) in [5.41, 5.74) is 3.10. The number of fused-ring (bicyclic) bond motifs is 1. The minimum absolute atomic E-state index is 0.156. The summed E-state index contributed by atoms with van der Waals surface area (Å²) in [5, 5.41) is 5.00. The van der Waals surface area contributed by atoms with Crippen LogP contribution in [0.3, 0.4) is 0 Å². The summed E-state index contributed by atoms with van der Waals surface area (Å²) in [4.78, 5) is 28.8. The van der Waals surface area contributed by atoms with E-state index in [1.54, 1.807) is 4.90 Å². The Morgan fingerprint density at radius 1 is 0.838 bits per heavy atom. The van der Waals surface area contributed by atoms with Gasteiger partial charge in [0.2, 0.25) is 5.91 Å². The number of rotatable bonds is 11. The number of carbonyl (C=O) groups is 2. The van der Waals surface area contributed by atoms with Gasteiger partial charge in [-0.1, -0.05) is 103 Å². The molecule has 5 nitrogen and oxygen atoms in total. The molecule has 0 saturated carbocycles. The zero-order valence-electron chi connectivity index (χ0n) is 21.5. The summed E-state index contributed by atoms with van der Waals surface area (Å²) >= 11 is 0. The fraction of sp³-hybridized carbons (Fsp3) is 0.250. The van der Waals surface area contributed by atoms with Crippen molar-refractivity contribution in [1.29, 1.82) is 0 Å². The van der Waals surface area contributed by atoms with Crippen molar-refractivity contribution < 1.29 is 14.3 Å². The van der Waals surface area contributed by atoms with Crippen LogP contribution in [0, 0.1) is 6.92 Å². The zero-order valence-corrected chi connectivity index (χ0v) is 21.5. The lowest BCUT2D eigenvalue weighted by molar-refractivity contribution is -0.142. The van der Waals surface area contributed by atoms with Crippen LogP contribution in [0.2, 0.25) is 0 Å². The van der Waals surface area contributed by atoms with Gasteiger partial charge >= 0.3 is 0 Å². The molecule has 5 heteroatoms. The summed E-state index contributed by atoms with van der Waals surface area (Å²) in [7, 11) is 0. The van der Waals surface area contributed by atoms with E-state index in [9.17, 15) is 9.59 Å². The number of nitrogens with zero attached hydrogens (tertiary/aromatic N) is 1. The van der Waals surface area contributed by atoms with Crippen molar-refractivity contribution in [2.75, 3.05) is 13.2 Å². The van der Waals surface area contributed by atoms with Crippen LogP contribution in [0.5, 0.6) is 5.75 Å². The van der Waals surface area contributed by atoms with Gasteiger partial charge < -0.3 is 15.0 Å². The first-order chi connectivity index (χ1) is 18.0. The molecule has 0 spiro atoms. The molecule has 0 radical (unpaired) electrons. The third-order valence-electron chi connectivity index (χ3n) is 6.39. The summed E-state index contributed by atoms with van der Waals surface area (Å²) in [6.07, 6.45) is 1.24. The highest BCUT2D eigenvalue weighted by Gasteiger charge is 2.30. The van der Waals surface area contributed by atoms with Gasteiger partial charge in [0, 0.05) is 24.9 Å². The zero-order chi connectivity index (χ0) is 26.0. The van der Waals surface area contributed by atoms with Crippen LogP contribution in [0.1, 0.15) is 30.0 Å². The molecule has 0 saturated heterocycles. The minimum atomic E-state index is -0.668. The van der Waals surface area contributed by atoms with E-state index in [1.165, 1.54) is 0 Å². The molecule has 0 aliphatic carbocycles. The predicted octanol–water partition coefficient (Wildman–Crippen LogP) is 5.69. The molecule has 0 unspecified atom stereocenters. The smallest absolute Gasteiger partial charge is 0.261 e. The average molecular weight is 495 g/mol. The quantitative estimate of drug-likeness (QED) is 0.291. The van der Waals surface area contributed by atoms with E-state index < -0.39 is 6.04 Å². The Hall–Kier alpha value is -4.12. The highest BCUT2D eigenvalue weighted by atomic mass is 16.5. The number of amides is 2. The van der Waals surface area contributed by atoms with Crippen LogP contribution < -0.4 is 10.1 Å². The highest BCUT2D eigenvalue weighted by molar-refractivity contribution is 5.90. The van der Waals surface area contributed by atoms with Crippen molar-refractivity contribution in [2.24, 2.45) is 0 Å². The van der Waals surface area contributed by atoms with Crippen molar-refractivity contribution >= 4 is 22.6 Å². The fourth-order valence-electron chi connectivity index (χ4n) is 4.35. The van der Waals surface area contributed by atoms with E-state index in [-0.39, 0.29) is 18.4 Å². The molecule has 1 atom stereocenters. The first kappa shape index (κ1) is 26.0. The summed E-state index contributed by atoms with van der Waals surface area (Å²) in [6, 6.07) is 30.9. The number of ether oxygens (including phenoxy) is 1. The maximum absolute atomic E-state index is 13.8. The normalized spacial score (nSPS) is 11.6. The Balaban J connectivity index is 1.62. The van der Waals surface area contributed by atoms with E-state index in [2.05, 4.69) is 5.32 Å². The van der Waals surface area contributed by atoms with Crippen LogP contribution in [-0.2, 0) is 22.6 Å². The number of nitrogens with one attached hydrogen (secondary N) is 1. The van der Waals surface area contributed by atoms with Crippen LogP contribution in [-0.4, -0.2) is 35.9 Å². The molecule has 2 amide bonds. The van der Waals surface area contributed by atoms with Gasteiger partial charge in [-0.15, -0.1) is 0 Å². The highest BCUT2D eigenvalue weighted by Crippen LogP contribution is 2.25. The standard InChI is InChI=1S/C32H34N2O3/c1-3-20-33-32(36)29(21-25-10-5-4-6-11-25)34(22-26-18-16-24(2)17-19-26)31(35)23-37-30-15-9-13-27-12-7-8-14-28(27)30/h4-19,29H,3,20-23H2,1-2H3,(H,33,36)/t29-/m1/s1. The van der Waals surface area contributed by atoms with Crippen LogP contribution in [0.25, 0.3) is 10.8 Å². The van der Waals surface area contributed by atoms with Crippen molar-refractivity contribution in [3.63, 3.8) is 0 Å². The number of aryl methyl sites for hydroxylation is 1. The lowest BCUT2D eigenvalue weighted by Gasteiger charge is -2.31. The van der Waals surface area contributed by atoms with Crippen molar-refractivity contribution in [1.82, 2.24) is 10.2 Å². The Morgan fingerprint density at radius 2 is 1.54 bits per heavy atom. The molecule has 4 aromatic rings. The first-order valence-electron chi connectivity index (χ1n) is 12.8. The molecule has 0 bridgehead atoms. The fourth-order valence-corrected chi connectivity index (χ4v) is 4.35. The van der Waals surface area contributed by atoms with Gasteiger partial charge in [-0.25, -0.2) is 0 Å². The lowest BCUT2D eigenvalue weighted by atomic mass is 10.0. The topological polar surface area (TPSA) is 58.6 Å². The van der Waals surface area contributed by atoms with Gasteiger partial charge in [0.15, 0.2) is 6.61 Å². The molecule has 0 fully saturated rings. The van der Waals surface area contributed by atoms with Gasteiger partial charge in [-0.2, -0.15) is 0 Å². The van der Waals surface area contributed by atoms with E-state index >= 15 is 0 Å². The largest absolute Gasteiger partial charge is 0.483 e. The average Bonchev–Trinajstić information content (AvgIpc) is 2.93. The Bertz CT molecular complexity index is 1310. The molecule has 0 aliphatic heterocycles. The Kier molecular flexibility index (Phi) is 8.93. The van der Waals surface area contributed by atoms with Gasteiger partial charge in [0.25, 0.3) is 5.91 Å². The third kappa shape index (κ3) is 6.98. The van der Waals surface area contributed by atoms with Crippen molar-refractivity contribution in [3.8, 4) is 5.75 Å². The Morgan fingerprint density at radius 3 is 2.30 bits per heavy atom. The second kappa shape index (κ2) is 12.7. The number of hydrogen-bond donors (Lipinski definition) is 1. The van der Waals surface area contributed by atoms with Crippen LogP contribution >= 0.6 is 0 Å². The van der Waals surface area contributed by atoms with Crippen LogP contribution in [0.4, 0.5) is 0 Å². The number of benzene rings is 4. The molecule has 0 heterocycles. The van der Waals surface area contributed by atoms with Gasteiger partial charge in [-0.05, 0) is 35.9 Å². The number of carbonyl (C=O) groups excluding carboxylic acids is 2. The van der Waals surface area contributed by atoms with Crippen molar-refractivity contribution in [2.45, 2.75) is 39.3 Å². The van der Waals surface area contributed by atoms with Gasteiger partial charge in [0.1, 0.15) is 11.8 Å². The number of hydrogen-bond acceptors (Lipinski definition) is 3. The molecule has 0 aromatic heterocycles. The third-order valence-corrected chi connectivity index (χ3v) is 6.39. The summed E-state index contributed by atoms with van der Waals surface area (Å²) < 4.78 is 6.06. The molecule has 37 heavy (non-hydrogen) atoms. The van der Waals surface area contributed by atoms with Crippen molar-refractivity contribution in [3.05, 3.63) is 114 Å². The SMILES string of the molecule is CCCNC(=O)[C@@H](Cc1ccccc1)N(Cc1ccc(C)cc1)C(=O)COc1cccc2ccccc12. The summed E-state index contributed by atoms with van der Waals surface area (Å²) in [5.74, 6) is 0.259. The van der Waals surface area contributed by atoms with E-state index in [1.807, 2.05) is 111 Å². The molecular weight excluding hydrogens is 460 g/mol. The van der Waals surface area contributed by atoms with Crippen LogP contribution in [0.15, 0.2) is 97.1 Å². The first-order valence-corrected chi connectivity index (χ1v) is 12.8. The minimum Gasteiger partial charge on any atom is -0.483 e. The van der Waals surface area contributed by atoms with E-state index in [4.69, 9.17) is 4.74 Å². The molecular formula is C32H34N2O3. The maximum Gasteiger partial charge on any atom is 0.261 e. The molecule has 0 aliphatic rings. The molecule has 4 rings (SSSR count). The maximum atomic E-state index is 13.8. The van der Waals surface area contributed by atoms with E-state index in [0.29, 0.717) is 25.3 Å². The monoisotopic (exact) mass is 494 g/mol. The molecule has 4 aromatic carbocycles.